The minimum atomic E-state index is -0.779. The van der Waals surface area contributed by atoms with Crippen molar-refractivity contribution in [3.8, 4) is 0 Å². The molecule has 0 saturated heterocycles. The van der Waals surface area contributed by atoms with E-state index in [2.05, 4.69) is 81.5 Å². The lowest BCUT2D eigenvalue weighted by atomic mass is 10.0. The lowest BCUT2D eigenvalue weighted by Crippen LogP contribution is -2.30. The van der Waals surface area contributed by atoms with E-state index in [0.29, 0.717) is 19.3 Å². The molecule has 0 aliphatic rings. The maximum atomic E-state index is 12.9. The second-order valence-corrected chi connectivity index (χ2v) is 21.3. The van der Waals surface area contributed by atoms with Gasteiger partial charge in [-0.05, 0) is 83.5 Å². The number of carbonyl (C=O) groups is 3. The van der Waals surface area contributed by atoms with Crippen molar-refractivity contribution in [3.05, 3.63) is 60.8 Å². The van der Waals surface area contributed by atoms with Gasteiger partial charge in [-0.25, -0.2) is 0 Å². The van der Waals surface area contributed by atoms with Crippen LogP contribution in [-0.4, -0.2) is 37.2 Å². The number of allylic oxidation sites excluding steroid dienone is 10. The predicted octanol–water partition coefficient (Wildman–Crippen LogP) is 21.6. The molecule has 0 radical (unpaired) electrons. The fourth-order valence-corrected chi connectivity index (χ4v) is 9.25. The summed E-state index contributed by atoms with van der Waals surface area (Å²) in [7, 11) is 0. The normalized spacial score (nSPS) is 12.4. The Bertz CT molecular complexity index is 1310. The van der Waals surface area contributed by atoms with Gasteiger partial charge >= 0.3 is 17.9 Å². The van der Waals surface area contributed by atoms with Gasteiger partial charge in [0.15, 0.2) is 6.10 Å². The van der Waals surface area contributed by atoms with Crippen LogP contribution in [0, 0.1) is 0 Å². The second-order valence-electron chi connectivity index (χ2n) is 21.3. The number of unbranched alkanes of at least 4 members (excludes halogenated alkanes) is 37. The van der Waals surface area contributed by atoms with Crippen LogP contribution in [0.15, 0.2) is 60.8 Å². The van der Waals surface area contributed by atoms with Crippen LogP contribution in [0.5, 0.6) is 0 Å². The van der Waals surface area contributed by atoms with Crippen LogP contribution in [0.25, 0.3) is 0 Å². The van der Waals surface area contributed by atoms with Crippen LogP contribution in [0.3, 0.4) is 0 Å². The average molecular weight is 1020 g/mol. The van der Waals surface area contributed by atoms with Gasteiger partial charge in [-0.1, -0.05) is 287 Å². The maximum Gasteiger partial charge on any atom is 0.306 e. The number of esters is 3. The van der Waals surface area contributed by atoms with Crippen molar-refractivity contribution in [1.29, 1.82) is 0 Å². The molecule has 0 aromatic rings. The highest BCUT2D eigenvalue weighted by atomic mass is 16.6. The lowest BCUT2D eigenvalue weighted by molar-refractivity contribution is -0.167. The highest BCUT2D eigenvalue weighted by Gasteiger charge is 2.19. The van der Waals surface area contributed by atoms with E-state index in [1.807, 2.05) is 0 Å². The highest BCUT2D eigenvalue weighted by Crippen LogP contribution is 2.17. The monoisotopic (exact) mass is 1020 g/mol. The highest BCUT2D eigenvalue weighted by molar-refractivity contribution is 5.71. The first-order valence-corrected chi connectivity index (χ1v) is 31.8. The van der Waals surface area contributed by atoms with Crippen LogP contribution in [0.4, 0.5) is 0 Å². The van der Waals surface area contributed by atoms with E-state index < -0.39 is 6.10 Å². The molecule has 73 heavy (non-hydrogen) atoms. The first kappa shape index (κ1) is 70.1. The van der Waals surface area contributed by atoms with Crippen LogP contribution in [0.2, 0.25) is 0 Å². The largest absolute Gasteiger partial charge is 0.462 e. The summed E-state index contributed by atoms with van der Waals surface area (Å²) in [4.78, 5) is 38.3. The van der Waals surface area contributed by atoms with Crippen molar-refractivity contribution in [1.82, 2.24) is 0 Å². The van der Waals surface area contributed by atoms with Gasteiger partial charge in [-0.3, -0.25) is 14.4 Å². The van der Waals surface area contributed by atoms with E-state index in [9.17, 15) is 14.4 Å². The smallest absolute Gasteiger partial charge is 0.306 e. The zero-order valence-electron chi connectivity index (χ0n) is 48.7. The third-order valence-corrected chi connectivity index (χ3v) is 14.0. The predicted molar refractivity (Wildman–Crippen MR) is 316 cm³/mol. The minimum Gasteiger partial charge on any atom is -0.462 e. The van der Waals surface area contributed by atoms with Crippen molar-refractivity contribution < 1.29 is 28.6 Å². The van der Waals surface area contributed by atoms with Gasteiger partial charge in [0.05, 0.1) is 0 Å². The summed E-state index contributed by atoms with van der Waals surface area (Å²) in [6, 6.07) is 0. The van der Waals surface area contributed by atoms with Gasteiger partial charge < -0.3 is 14.2 Å². The molecular formula is C67H120O6. The zero-order valence-corrected chi connectivity index (χ0v) is 48.7. The van der Waals surface area contributed by atoms with Crippen molar-refractivity contribution in [3.63, 3.8) is 0 Å². The van der Waals surface area contributed by atoms with E-state index in [1.165, 1.54) is 199 Å². The maximum absolute atomic E-state index is 12.9. The summed E-state index contributed by atoms with van der Waals surface area (Å²) in [5.74, 6) is -0.869. The van der Waals surface area contributed by atoms with Crippen molar-refractivity contribution in [2.24, 2.45) is 0 Å². The number of hydrogen-bond donors (Lipinski definition) is 0. The Morgan fingerprint density at radius 3 is 0.849 bits per heavy atom. The summed E-state index contributed by atoms with van der Waals surface area (Å²) >= 11 is 0. The van der Waals surface area contributed by atoms with Gasteiger partial charge in [0, 0.05) is 19.3 Å². The zero-order chi connectivity index (χ0) is 52.9. The molecule has 0 saturated carbocycles. The van der Waals surface area contributed by atoms with E-state index >= 15 is 0 Å². The molecule has 424 valence electrons. The molecule has 0 spiro atoms. The Morgan fingerprint density at radius 1 is 0.288 bits per heavy atom. The van der Waals surface area contributed by atoms with Gasteiger partial charge in [0.2, 0.25) is 0 Å². The summed E-state index contributed by atoms with van der Waals surface area (Å²) < 4.78 is 16.9. The molecule has 0 rings (SSSR count). The van der Waals surface area contributed by atoms with Crippen molar-refractivity contribution in [2.75, 3.05) is 13.2 Å². The number of hydrogen-bond acceptors (Lipinski definition) is 6. The Kier molecular flexibility index (Phi) is 59.2. The molecule has 0 aromatic carbocycles. The summed E-state index contributed by atoms with van der Waals surface area (Å²) in [6.07, 6.45) is 77.9. The molecule has 0 aliphatic carbocycles. The Balaban J connectivity index is 4.36. The molecule has 1 unspecified atom stereocenters. The summed E-state index contributed by atoms with van der Waals surface area (Å²) in [6.45, 7) is 6.57. The Hall–Kier alpha value is -2.89. The molecule has 1 atom stereocenters. The SMILES string of the molecule is CC/C=C\C/C=C\C/C=C\C/C=C\CCCCCCCCCCC(=O)OCC(COC(=O)CCCCCCCCCCCCCCCCCC)OC(=O)CCCCCCCCC/C=C\CCCCCCCCC. The molecule has 6 heteroatoms. The second kappa shape index (κ2) is 61.7. The molecule has 0 aliphatic heterocycles. The van der Waals surface area contributed by atoms with E-state index in [4.69, 9.17) is 14.2 Å². The van der Waals surface area contributed by atoms with Crippen LogP contribution >= 0.6 is 0 Å². The Labute approximate surface area is 453 Å². The lowest BCUT2D eigenvalue weighted by Gasteiger charge is -2.18. The summed E-state index contributed by atoms with van der Waals surface area (Å²) in [5, 5.41) is 0. The summed E-state index contributed by atoms with van der Waals surface area (Å²) in [5.41, 5.74) is 0. The fourth-order valence-electron chi connectivity index (χ4n) is 9.25. The average Bonchev–Trinajstić information content (AvgIpc) is 3.39. The molecular weight excluding hydrogens is 901 g/mol. The van der Waals surface area contributed by atoms with Crippen molar-refractivity contribution in [2.45, 2.75) is 335 Å². The third-order valence-electron chi connectivity index (χ3n) is 14.0. The standard InChI is InChI=1S/C67H120O6/c1-4-7-10-13-16-19-22-25-28-31-33-34-35-37-39-42-45-48-51-54-57-60-66(69)72-63-64(62-71-65(68)59-56-53-50-47-44-41-38-30-27-24-21-18-15-12-9-6-3)73-67(70)61-58-55-52-49-46-43-40-36-32-29-26-23-20-17-14-11-8-5-2/h7,10,16,19,25,28-29,32-34,64H,4-6,8-9,11-15,17-18,20-24,26-27,30-31,35-63H2,1-3H3/b10-7-,19-16-,28-25-,32-29-,34-33-. The number of ether oxygens (including phenoxy) is 3. The van der Waals surface area contributed by atoms with Crippen molar-refractivity contribution >= 4 is 17.9 Å². The molecule has 0 heterocycles. The third kappa shape index (κ3) is 59.9. The van der Waals surface area contributed by atoms with Gasteiger partial charge in [0.1, 0.15) is 13.2 Å². The first-order chi connectivity index (χ1) is 36.0. The number of carbonyl (C=O) groups excluding carboxylic acids is 3. The van der Waals surface area contributed by atoms with Crippen LogP contribution < -0.4 is 0 Å². The topological polar surface area (TPSA) is 78.9 Å². The molecule has 0 fully saturated rings. The van der Waals surface area contributed by atoms with E-state index in [1.54, 1.807) is 0 Å². The first-order valence-electron chi connectivity index (χ1n) is 31.8. The fraction of sp³-hybridized carbons (Fsp3) is 0.806. The van der Waals surface area contributed by atoms with Gasteiger partial charge in [-0.2, -0.15) is 0 Å². The Morgan fingerprint density at radius 2 is 0.534 bits per heavy atom. The minimum absolute atomic E-state index is 0.0749. The van der Waals surface area contributed by atoms with E-state index in [-0.39, 0.29) is 31.1 Å². The van der Waals surface area contributed by atoms with E-state index in [0.717, 1.165) is 89.9 Å². The molecule has 0 amide bonds. The van der Waals surface area contributed by atoms with Crippen LogP contribution in [0.1, 0.15) is 329 Å². The molecule has 6 nitrogen and oxygen atoms in total. The molecule has 0 aromatic heterocycles. The molecule has 0 bridgehead atoms. The van der Waals surface area contributed by atoms with Crippen LogP contribution in [-0.2, 0) is 28.6 Å². The van der Waals surface area contributed by atoms with Gasteiger partial charge in [-0.15, -0.1) is 0 Å². The van der Waals surface area contributed by atoms with Gasteiger partial charge in [0.25, 0.3) is 0 Å². The quantitative estimate of drug-likeness (QED) is 0.0261. The molecule has 0 N–H and O–H groups in total. The number of rotatable bonds is 58.